The Morgan fingerprint density at radius 1 is 1.19 bits per heavy atom. The molecule has 1 aromatic rings. The number of amides is 2. The standard InChI is InChI=1S/C18H25N3O5/c1-18(2,3)25-17(24)20-14-9-10-21(12-14)15(22)11-19-26-16(23)13-7-5-4-6-8-13/h4-8,14,19H,9-12H2,1-3H3,(H,20,24)/t14-/m0/s1. The first-order valence-electron chi connectivity index (χ1n) is 8.51. The van der Waals surface area contributed by atoms with Gasteiger partial charge in [0.15, 0.2) is 0 Å². The lowest BCUT2D eigenvalue weighted by Crippen LogP contribution is -2.42. The molecule has 0 saturated carbocycles. The zero-order valence-corrected chi connectivity index (χ0v) is 15.3. The Kier molecular flexibility index (Phi) is 6.57. The fourth-order valence-corrected chi connectivity index (χ4v) is 2.49. The molecule has 2 N–H and O–H groups in total. The van der Waals surface area contributed by atoms with Gasteiger partial charge in [0.2, 0.25) is 5.91 Å². The maximum atomic E-state index is 12.2. The summed E-state index contributed by atoms with van der Waals surface area (Å²) in [5.74, 6) is -0.761. The van der Waals surface area contributed by atoms with Crippen LogP contribution in [0.25, 0.3) is 0 Å². The van der Waals surface area contributed by atoms with Crippen molar-refractivity contribution < 1.29 is 24.0 Å². The molecule has 1 fully saturated rings. The highest BCUT2D eigenvalue weighted by atomic mass is 16.7. The summed E-state index contributed by atoms with van der Waals surface area (Å²) in [6.07, 6.45) is 0.154. The lowest BCUT2D eigenvalue weighted by molar-refractivity contribution is -0.131. The number of rotatable bonds is 5. The van der Waals surface area contributed by atoms with Crippen molar-refractivity contribution >= 4 is 18.0 Å². The van der Waals surface area contributed by atoms with Gasteiger partial charge in [0, 0.05) is 13.1 Å². The number of nitrogens with one attached hydrogen (secondary N) is 2. The molecule has 2 amide bonds. The van der Waals surface area contributed by atoms with Gasteiger partial charge >= 0.3 is 12.1 Å². The third kappa shape index (κ3) is 6.36. The molecule has 0 radical (unpaired) electrons. The highest BCUT2D eigenvalue weighted by Crippen LogP contribution is 2.11. The summed E-state index contributed by atoms with van der Waals surface area (Å²) in [5, 5.41) is 2.76. The van der Waals surface area contributed by atoms with Crippen LogP contribution in [-0.2, 0) is 14.4 Å². The fourth-order valence-electron chi connectivity index (χ4n) is 2.49. The average molecular weight is 363 g/mol. The van der Waals surface area contributed by atoms with E-state index in [0.717, 1.165) is 0 Å². The van der Waals surface area contributed by atoms with Crippen LogP contribution in [0.4, 0.5) is 4.79 Å². The molecule has 26 heavy (non-hydrogen) atoms. The van der Waals surface area contributed by atoms with Crippen molar-refractivity contribution in [2.45, 2.75) is 38.8 Å². The van der Waals surface area contributed by atoms with Gasteiger partial charge in [-0.3, -0.25) is 4.79 Å². The summed E-state index contributed by atoms with van der Waals surface area (Å²) in [7, 11) is 0. The number of nitrogens with zero attached hydrogens (tertiary/aromatic N) is 1. The Morgan fingerprint density at radius 2 is 1.88 bits per heavy atom. The number of ether oxygens (including phenoxy) is 1. The minimum Gasteiger partial charge on any atom is -0.444 e. The van der Waals surface area contributed by atoms with E-state index in [1.165, 1.54) is 0 Å². The summed E-state index contributed by atoms with van der Waals surface area (Å²) in [6.45, 7) is 6.16. The van der Waals surface area contributed by atoms with Crippen molar-refractivity contribution in [1.82, 2.24) is 15.7 Å². The molecular formula is C18H25N3O5. The van der Waals surface area contributed by atoms with Crippen molar-refractivity contribution in [3.63, 3.8) is 0 Å². The number of hydrogen-bond acceptors (Lipinski definition) is 6. The van der Waals surface area contributed by atoms with Crippen LogP contribution in [0.2, 0.25) is 0 Å². The third-order valence-corrected chi connectivity index (χ3v) is 3.66. The van der Waals surface area contributed by atoms with Gasteiger partial charge in [-0.1, -0.05) is 18.2 Å². The van der Waals surface area contributed by atoms with E-state index in [0.29, 0.717) is 25.1 Å². The maximum absolute atomic E-state index is 12.2. The van der Waals surface area contributed by atoms with E-state index in [4.69, 9.17) is 9.57 Å². The molecule has 8 heteroatoms. The maximum Gasteiger partial charge on any atom is 0.407 e. The summed E-state index contributed by atoms with van der Waals surface area (Å²) >= 11 is 0. The lowest BCUT2D eigenvalue weighted by Gasteiger charge is -2.22. The second-order valence-electron chi connectivity index (χ2n) is 7.05. The molecule has 0 spiro atoms. The van der Waals surface area contributed by atoms with Gasteiger partial charge in [-0.15, -0.1) is 5.48 Å². The molecule has 0 bridgehead atoms. The average Bonchev–Trinajstić information content (AvgIpc) is 3.02. The van der Waals surface area contributed by atoms with E-state index in [1.54, 1.807) is 56.0 Å². The zero-order valence-electron chi connectivity index (χ0n) is 15.3. The van der Waals surface area contributed by atoms with Crippen LogP contribution in [0.1, 0.15) is 37.6 Å². The van der Waals surface area contributed by atoms with Crippen LogP contribution in [0.5, 0.6) is 0 Å². The Morgan fingerprint density at radius 3 is 2.54 bits per heavy atom. The van der Waals surface area contributed by atoms with Gasteiger partial charge in [-0.25, -0.2) is 9.59 Å². The molecule has 0 unspecified atom stereocenters. The summed E-state index contributed by atoms with van der Waals surface area (Å²) in [4.78, 5) is 42.2. The molecule has 1 aliphatic rings. The molecule has 1 atom stereocenters. The fraction of sp³-hybridized carbons (Fsp3) is 0.500. The number of hydrogen-bond donors (Lipinski definition) is 2. The number of benzene rings is 1. The van der Waals surface area contributed by atoms with E-state index >= 15 is 0 Å². The molecule has 0 aromatic heterocycles. The van der Waals surface area contributed by atoms with Crippen LogP contribution in [-0.4, -0.2) is 54.1 Å². The van der Waals surface area contributed by atoms with Crippen LogP contribution in [0.3, 0.4) is 0 Å². The van der Waals surface area contributed by atoms with Crippen LogP contribution in [0.15, 0.2) is 30.3 Å². The topological polar surface area (TPSA) is 97.0 Å². The number of hydroxylamine groups is 1. The number of alkyl carbamates (subject to hydrolysis) is 1. The minimum atomic E-state index is -0.565. The molecule has 142 valence electrons. The summed E-state index contributed by atoms with van der Waals surface area (Å²) in [5.41, 5.74) is 2.23. The second-order valence-corrected chi connectivity index (χ2v) is 7.05. The Bertz CT molecular complexity index is 642. The van der Waals surface area contributed by atoms with E-state index in [9.17, 15) is 14.4 Å². The molecule has 0 aliphatic carbocycles. The van der Waals surface area contributed by atoms with Crippen molar-refractivity contribution in [3.8, 4) is 0 Å². The Labute approximate surface area is 152 Å². The van der Waals surface area contributed by atoms with E-state index < -0.39 is 17.7 Å². The van der Waals surface area contributed by atoms with Gasteiger partial charge in [-0.05, 0) is 39.3 Å². The normalized spacial score (nSPS) is 16.9. The Balaban J connectivity index is 1.69. The largest absolute Gasteiger partial charge is 0.444 e. The van der Waals surface area contributed by atoms with Crippen LogP contribution < -0.4 is 10.8 Å². The monoisotopic (exact) mass is 363 g/mol. The number of likely N-dealkylation sites (tertiary alicyclic amines) is 1. The summed E-state index contributed by atoms with van der Waals surface area (Å²) in [6, 6.07) is 8.34. The first kappa shape index (κ1) is 19.7. The van der Waals surface area contributed by atoms with Crippen LogP contribution in [0, 0.1) is 0 Å². The molecule has 2 rings (SSSR count). The van der Waals surface area contributed by atoms with Crippen LogP contribution >= 0.6 is 0 Å². The van der Waals surface area contributed by atoms with Crippen molar-refractivity contribution in [2.24, 2.45) is 0 Å². The SMILES string of the molecule is CC(C)(C)OC(=O)N[C@H]1CCN(C(=O)CNOC(=O)c2ccccc2)C1. The quantitative estimate of drug-likeness (QED) is 0.769. The van der Waals surface area contributed by atoms with E-state index in [2.05, 4.69) is 10.8 Å². The van der Waals surface area contributed by atoms with E-state index in [1.807, 2.05) is 0 Å². The first-order valence-corrected chi connectivity index (χ1v) is 8.51. The van der Waals surface area contributed by atoms with E-state index in [-0.39, 0.29) is 18.5 Å². The van der Waals surface area contributed by atoms with Crippen molar-refractivity contribution in [3.05, 3.63) is 35.9 Å². The minimum absolute atomic E-state index is 0.127. The first-order chi connectivity index (χ1) is 12.2. The molecular weight excluding hydrogens is 338 g/mol. The molecule has 1 saturated heterocycles. The van der Waals surface area contributed by atoms with Crippen molar-refractivity contribution in [1.29, 1.82) is 0 Å². The number of carbonyl (C=O) groups excluding carboxylic acids is 3. The zero-order chi connectivity index (χ0) is 19.2. The smallest absolute Gasteiger partial charge is 0.407 e. The molecule has 1 aliphatic heterocycles. The van der Waals surface area contributed by atoms with Gasteiger partial charge in [0.1, 0.15) is 12.1 Å². The molecule has 1 aromatic carbocycles. The van der Waals surface area contributed by atoms with Gasteiger partial charge < -0.3 is 19.8 Å². The molecule has 1 heterocycles. The molecule has 8 nitrogen and oxygen atoms in total. The van der Waals surface area contributed by atoms with Gasteiger partial charge in [0.05, 0.1) is 11.6 Å². The van der Waals surface area contributed by atoms with Crippen molar-refractivity contribution in [2.75, 3.05) is 19.6 Å². The predicted octanol–water partition coefficient (Wildman–Crippen LogP) is 1.47. The summed E-state index contributed by atoms with van der Waals surface area (Å²) < 4.78 is 5.21. The predicted molar refractivity (Wildman–Crippen MR) is 94.2 cm³/mol. The lowest BCUT2D eigenvalue weighted by atomic mass is 10.2. The number of carbonyl (C=O) groups is 3. The highest BCUT2D eigenvalue weighted by Gasteiger charge is 2.28. The third-order valence-electron chi connectivity index (χ3n) is 3.66. The highest BCUT2D eigenvalue weighted by molar-refractivity contribution is 5.89. The second kappa shape index (κ2) is 8.66. The Hall–Kier alpha value is -2.61. The van der Waals surface area contributed by atoms with Gasteiger partial charge in [0.25, 0.3) is 0 Å². The van der Waals surface area contributed by atoms with Gasteiger partial charge in [-0.2, -0.15) is 0 Å².